The number of likely N-dealkylation sites (tertiary alicyclic amines) is 1. The molecule has 2 aliphatic rings. The molecule has 20 heavy (non-hydrogen) atoms. The van der Waals surface area contributed by atoms with Crippen molar-refractivity contribution in [3.8, 4) is 0 Å². The lowest BCUT2D eigenvalue weighted by Crippen LogP contribution is -2.43. The number of rotatable bonds is 5. The molecule has 0 spiro atoms. The van der Waals surface area contributed by atoms with Gasteiger partial charge in [-0.25, -0.2) is 0 Å². The average molecular weight is 277 g/mol. The maximum atomic E-state index is 12.5. The van der Waals surface area contributed by atoms with E-state index in [1.54, 1.807) is 0 Å². The molecule has 0 unspecified atom stereocenters. The Hall–Kier alpha value is -1.36. The van der Waals surface area contributed by atoms with Crippen LogP contribution < -0.4 is 0 Å². The Bertz CT molecular complexity index is 467. The number of ether oxygens (including phenoxy) is 1. The van der Waals surface area contributed by atoms with E-state index >= 15 is 0 Å². The van der Waals surface area contributed by atoms with Gasteiger partial charge in [0.1, 0.15) is 5.69 Å². The van der Waals surface area contributed by atoms with Gasteiger partial charge < -0.3 is 9.64 Å². The second-order valence-electron chi connectivity index (χ2n) is 5.87. The van der Waals surface area contributed by atoms with Crippen LogP contribution in [0.15, 0.2) is 6.07 Å². The molecule has 2 fully saturated rings. The van der Waals surface area contributed by atoms with Crippen LogP contribution in [0.5, 0.6) is 0 Å². The summed E-state index contributed by atoms with van der Waals surface area (Å²) in [7, 11) is 0. The topological polar surface area (TPSA) is 58.2 Å². The third-order valence-corrected chi connectivity index (χ3v) is 4.06. The summed E-state index contributed by atoms with van der Waals surface area (Å²) >= 11 is 0. The fraction of sp³-hybridized carbons (Fsp3) is 0.733. The molecule has 1 atom stereocenters. The molecule has 1 saturated heterocycles. The SMILES string of the molecule is CCCO[C@H]1CCCN(C(=O)c2cc(C3CC3)[nH]n2)C1. The molecule has 110 valence electrons. The van der Waals surface area contributed by atoms with Crippen molar-refractivity contribution in [1.29, 1.82) is 0 Å². The van der Waals surface area contributed by atoms with Crippen molar-refractivity contribution in [3.63, 3.8) is 0 Å². The van der Waals surface area contributed by atoms with Gasteiger partial charge in [0.25, 0.3) is 5.91 Å². The number of H-pyrrole nitrogens is 1. The number of hydrogen-bond acceptors (Lipinski definition) is 3. The van der Waals surface area contributed by atoms with Gasteiger partial charge in [-0.05, 0) is 38.2 Å². The molecule has 0 radical (unpaired) electrons. The minimum Gasteiger partial charge on any atom is -0.376 e. The van der Waals surface area contributed by atoms with Gasteiger partial charge in [-0.1, -0.05) is 6.92 Å². The first-order chi connectivity index (χ1) is 9.78. The number of carbonyl (C=O) groups is 1. The Kier molecular flexibility index (Phi) is 4.05. The Balaban J connectivity index is 1.60. The first kappa shape index (κ1) is 13.6. The molecule has 0 bridgehead atoms. The van der Waals surface area contributed by atoms with Crippen LogP contribution in [0.4, 0.5) is 0 Å². The standard InChI is InChI=1S/C15H23N3O2/c1-2-8-20-12-4-3-7-18(10-12)15(19)14-9-13(16-17-14)11-5-6-11/h9,11-12H,2-8,10H2,1H3,(H,16,17)/t12-/m0/s1. The van der Waals surface area contributed by atoms with Crippen molar-refractivity contribution in [1.82, 2.24) is 15.1 Å². The molecule has 1 saturated carbocycles. The third kappa shape index (κ3) is 3.03. The molecule has 1 amide bonds. The minimum absolute atomic E-state index is 0.0398. The van der Waals surface area contributed by atoms with Gasteiger partial charge in [-0.15, -0.1) is 0 Å². The third-order valence-electron chi connectivity index (χ3n) is 4.06. The van der Waals surface area contributed by atoms with Gasteiger partial charge in [0, 0.05) is 31.3 Å². The highest BCUT2D eigenvalue weighted by atomic mass is 16.5. The monoisotopic (exact) mass is 277 g/mol. The van der Waals surface area contributed by atoms with E-state index in [9.17, 15) is 4.79 Å². The number of hydrogen-bond donors (Lipinski definition) is 1. The van der Waals surface area contributed by atoms with Gasteiger partial charge in [0.15, 0.2) is 0 Å². The number of aromatic nitrogens is 2. The second kappa shape index (κ2) is 5.95. The van der Waals surface area contributed by atoms with Crippen LogP contribution in [0.3, 0.4) is 0 Å². The van der Waals surface area contributed by atoms with Gasteiger partial charge in [-0.3, -0.25) is 9.89 Å². The van der Waals surface area contributed by atoms with Crippen molar-refractivity contribution < 1.29 is 9.53 Å². The van der Waals surface area contributed by atoms with E-state index in [0.717, 1.165) is 38.1 Å². The smallest absolute Gasteiger partial charge is 0.274 e. The van der Waals surface area contributed by atoms with Crippen LogP contribution in [0.1, 0.15) is 61.1 Å². The molecule has 1 N–H and O–H groups in total. The predicted molar refractivity (Wildman–Crippen MR) is 75.7 cm³/mol. The lowest BCUT2D eigenvalue weighted by atomic mass is 10.1. The number of nitrogens with zero attached hydrogens (tertiary/aromatic N) is 2. The average Bonchev–Trinajstić information content (AvgIpc) is 3.22. The summed E-state index contributed by atoms with van der Waals surface area (Å²) in [6.45, 7) is 4.40. The number of piperidine rings is 1. The Morgan fingerprint density at radius 2 is 2.35 bits per heavy atom. The Labute approximate surface area is 119 Å². The Morgan fingerprint density at radius 1 is 1.50 bits per heavy atom. The van der Waals surface area contributed by atoms with Gasteiger partial charge in [-0.2, -0.15) is 5.10 Å². The molecule has 3 rings (SSSR count). The molecule has 5 nitrogen and oxygen atoms in total. The van der Waals surface area contributed by atoms with Crippen molar-refractivity contribution in [3.05, 3.63) is 17.5 Å². The molecule has 2 heterocycles. The lowest BCUT2D eigenvalue weighted by Gasteiger charge is -2.32. The summed E-state index contributed by atoms with van der Waals surface area (Å²) in [6, 6.07) is 1.93. The molecule has 1 aromatic heterocycles. The van der Waals surface area contributed by atoms with Gasteiger partial charge >= 0.3 is 0 Å². The normalized spacial score (nSPS) is 23.1. The number of nitrogens with one attached hydrogen (secondary N) is 1. The first-order valence-corrected chi connectivity index (χ1v) is 7.74. The second-order valence-corrected chi connectivity index (χ2v) is 5.87. The molecule has 1 aliphatic carbocycles. The van der Waals surface area contributed by atoms with Crippen LogP contribution in [0.25, 0.3) is 0 Å². The van der Waals surface area contributed by atoms with E-state index in [-0.39, 0.29) is 12.0 Å². The fourth-order valence-electron chi connectivity index (χ4n) is 2.75. The molecular formula is C15H23N3O2. The zero-order valence-corrected chi connectivity index (χ0v) is 12.1. The molecule has 0 aromatic carbocycles. The molecule has 5 heteroatoms. The summed E-state index contributed by atoms with van der Waals surface area (Å²) in [5.74, 6) is 0.643. The van der Waals surface area contributed by atoms with E-state index in [2.05, 4.69) is 17.1 Å². The summed E-state index contributed by atoms with van der Waals surface area (Å²) in [4.78, 5) is 14.3. The van der Waals surface area contributed by atoms with Crippen molar-refractivity contribution in [2.75, 3.05) is 19.7 Å². The van der Waals surface area contributed by atoms with Crippen LogP contribution >= 0.6 is 0 Å². The van der Waals surface area contributed by atoms with Gasteiger partial charge in [0.2, 0.25) is 0 Å². The van der Waals surface area contributed by atoms with E-state index in [1.165, 1.54) is 12.8 Å². The van der Waals surface area contributed by atoms with Crippen LogP contribution in [-0.2, 0) is 4.74 Å². The number of aromatic amines is 1. The summed E-state index contributed by atoms with van der Waals surface area (Å²) in [5, 5.41) is 7.19. The van der Waals surface area contributed by atoms with Crippen LogP contribution in [0, 0.1) is 0 Å². The predicted octanol–water partition coefficient (Wildman–Crippen LogP) is 2.32. The summed E-state index contributed by atoms with van der Waals surface area (Å²) in [6.07, 6.45) is 5.71. The quantitative estimate of drug-likeness (QED) is 0.898. The maximum Gasteiger partial charge on any atom is 0.274 e. The highest BCUT2D eigenvalue weighted by Crippen LogP contribution is 2.39. The van der Waals surface area contributed by atoms with Crippen molar-refractivity contribution >= 4 is 5.91 Å². The van der Waals surface area contributed by atoms with E-state index in [4.69, 9.17) is 4.74 Å². The summed E-state index contributed by atoms with van der Waals surface area (Å²) in [5.41, 5.74) is 1.67. The van der Waals surface area contributed by atoms with Crippen molar-refractivity contribution in [2.24, 2.45) is 0 Å². The van der Waals surface area contributed by atoms with E-state index in [0.29, 0.717) is 18.2 Å². The van der Waals surface area contributed by atoms with Crippen LogP contribution in [0.2, 0.25) is 0 Å². The largest absolute Gasteiger partial charge is 0.376 e. The zero-order valence-electron chi connectivity index (χ0n) is 12.1. The number of carbonyl (C=O) groups excluding carboxylic acids is 1. The molecule has 1 aromatic rings. The zero-order chi connectivity index (χ0) is 13.9. The van der Waals surface area contributed by atoms with E-state index in [1.807, 2.05) is 11.0 Å². The fourth-order valence-corrected chi connectivity index (χ4v) is 2.75. The summed E-state index contributed by atoms with van der Waals surface area (Å²) < 4.78 is 5.78. The highest BCUT2D eigenvalue weighted by Gasteiger charge is 2.29. The molecule has 1 aliphatic heterocycles. The highest BCUT2D eigenvalue weighted by molar-refractivity contribution is 5.92. The molecular weight excluding hydrogens is 254 g/mol. The van der Waals surface area contributed by atoms with Crippen LogP contribution in [-0.4, -0.2) is 46.8 Å². The maximum absolute atomic E-state index is 12.5. The minimum atomic E-state index is 0.0398. The first-order valence-electron chi connectivity index (χ1n) is 7.74. The number of amides is 1. The Morgan fingerprint density at radius 3 is 3.10 bits per heavy atom. The van der Waals surface area contributed by atoms with E-state index < -0.39 is 0 Å². The van der Waals surface area contributed by atoms with Crippen molar-refractivity contribution in [2.45, 2.75) is 51.0 Å². The lowest BCUT2D eigenvalue weighted by molar-refractivity contribution is 0.00192. The van der Waals surface area contributed by atoms with Gasteiger partial charge in [0.05, 0.1) is 6.10 Å².